The second-order valence-corrected chi connectivity index (χ2v) is 17.6. The van der Waals surface area contributed by atoms with E-state index < -0.39 is 26.2 Å². The summed E-state index contributed by atoms with van der Waals surface area (Å²) < 4.78 is 64.8. The molecule has 1 aliphatic rings. The number of β-lactam (4-membered cyclic amide) rings is 1. The van der Waals surface area contributed by atoms with E-state index in [2.05, 4.69) is 9.44 Å². The van der Waals surface area contributed by atoms with Crippen LogP contribution in [0.3, 0.4) is 0 Å². The van der Waals surface area contributed by atoms with Gasteiger partial charge in [-0.25, -0.2) is 30.7 Å². The van der Waals surface area contributed by atoms with Gasteiger partial charge >= 0.3 is 0 Å². The van der Waals surface area contributed by atoms with Crippen molar-refractivity contribution < 1.29 is 41.3 Å². The number of nitrogens with zero attached hydrogens (tertiary/aromatic N) is 1. The van der Waals surface area contributed by atoms with Gasteiger partial charge in [0.05, 0.1) is 30.6 Å². The third-order valence-electron chi connectivity index (χ3n) is 9.70. The van der Waals surface area contributed by atoms with Crippen LogP contribution in [-0.2, 0) is 37.7 Å². The van der Waals surface area contributed by atoms with Crippen LogP contribution < -0.4 is 14.3 Å². The number of anilines is 1. The van der Waals surface area contributed by atoms with Crippen molar-refractivity contribution in [3.05, 3.63) is 101 Å². The summed E-state index contributed by atoms with van der Waals surface area (Å²) in [6, 6.07) is 21.3. The zero-order chi connectivity index (χ0) is 37.9. The van der Waals surface area contributed by atoms with Gasteiger partial charge in [0.1, 0.15) is 5.82 Å². The van der Waals surface area contributed by atoms with Crippen LogP contribution in [0.2, 0.25) is 0 Å². The number of nitrogens with one attached hydrogen (secondary N) is 2. The number of rotatable bonds is 22. The molecular weight excluding hydrogens is 710 g/mol. The van der Waals surface area contributed by atoms with Crippen LogP contribution in [0.4, 0.5) is 10.1 Å². The number of aliphatic hydroxyl groups is 3. The fraction of sp³-hybridized carbons (Fsp3) is 0.500. The molecule has 1 heterocycles. The topological polar surface area (TPSA) is 173 Å². The number of hydrogen-bond acceptors (Lipinski definition) is 8. The Bertz CT molecular complexity index is 1750. The van der Waals surface area contributed by atoms with Crippen molar-refractivity contribution in [2.45, 2.75) is 63.5 Å². The van der Waals surface area contributed by atoms with Crippen LogP contribution in [0.15, 0.2) is 72.8 Å². The number of aryl methyl sites for hydroxylation is 2. The molecule has 14 heteroatoms. The van der Waals surface area contributed by atoms with E-state index in [9.17, 15) is 41.3 Å². The van der Waals surface area contributed by atoms with Crippen LogP contribution in [0.5, 0.6) is 0 Å². The lowest BCUT2D eigenvalue weighted by atomic mass is 9.78. The van der Waals surface area contributed by atoms with Crippen molar-refractivity contribution in [1.82, 2.24) is 9.44 Å². The molecule has 4 rings (SSSR count). The van der Waals surface area contributed by atoms with Crippen LogP contribution >= 0.6 is 0 Å². The molecule has 286 valence electrons. The molecular formula is C38H52FN3O8S2. The molecule has 3 aromatic carbocycles. The molecule has 1 amide bonds. The lowest BCUT2D eigenvalue weighted by Gasteiger charge is -2.48. The molecule has 1 saturated heterocycles. The fourth-order valence-corrected chi connectivity index (χ4v) is 7.71. The first-order valence-corrected chi connectivity index (χ1v) is 21.5. The first-order chi connectivity index (χ1) is 24.7. The Balaban J connectivity index is 1.44. The Kier molecular flexibility index (Phi) is 15.3. The van der Waals surface area contributed by atoms with Crippen molar-refractivity contribution in [3.8, 4) is 0 Å². The van der Waals surface area contributed by atoms with Crippen molar-refractivity contribution in [3.63, 3.8) is 0 Å². The molecule has 0 saturated carbocycles. The highest BCUT2D eigenvalue weighted by Crippen LogP contribution is 2.46. The van der Waals surface area contributed by atoms with Crippen molar-refractivity contribution in [2.75, 3.05) is 43.7 Å². The predicted molar refractivity (Wildman–Crippen MR) is 200 cm³/mol. The number of benzene rings is 3. The second kappa shape index (κ2) is 19.2. The third kappa shape index (κ3) is 12.7. The Labute approximate surface area is 307 Å². The first-order valence-electron chi connectivity index (χ1n) is 17.7. The highest BCUT2D eigenvalue weighted by atomic mass is 32.2. The van der Waals surface area contributed by atoms with Gasteiger partial charge in [0.15, 0.2) is 0 Å². The van der Waals surface area contributed by atoms with Gasteiger partial charge in [-0.1, -0.05) is 48.5 Å². The highest BCUT2D eigenvalue weighted by Gasteiger charge is 2.48. The Morgan fingerprint density at radius 1 is 0.731 bits per heavy atom. The predicted octanol–water partition coefficient (Wildman–Crippen LogP) is 4.00. The van der Waals surface area contributed by atoms with Crippen LogP contribution in [-0.4, -0.2) is 76.9 Å². The number of hydrogen-bond donors (Lipinski definition) is 5. The van der Waals surface area contributed by atoms with Crippen LogP contribution in [0.1, 0.15) is 72.9 Å². The maximum absolute atomic E-state index is 13.7. The van der Waals surface area contributed by atoms with E-state index in [0.717, 1.165) is 54.2 Å². The summed E-state index contributed by atoms with van der Waals surface area (Å²) in [5.41, 5.74) is 4.44. The van der Waals surface area contributed by atoms with E-state index in [4.69, 9.17) is 0 Å². The normalized spacial score (nSPS) is 17.2. The molecule has 1 aliphatic heterocycles. The van der Waals surface area contributed by atoms with E-state index in [1.807, 2.05) is 48.5 Å². The zero-order valence-corrected chi connectivity index (χ0v) is 31.5. The quantitative estimate of drug-likeness (QED) is 0.0957. The molecule has 11 nitrogen and oxygen atoms in total. The molecule has 0 unspecified atom stereocenters. The maximum Gasteiger partial charge on any atom is 0.233 e. The molecule has 1 fully saturated rings. The summed E-state index contributed by atoms with van der Waals surface area (Å²) in [6.07, 6.45) is 6.35. The van der Waals surface area contributed by atoms with Gasteiger partial charge in [-0.3, -0.25) is 4.79 Å². The standard InChI is InChI=1S/C38H52FN3O8S2/c1-51(47,48)40-23-29(24-41-52(2,49)50)7-3-5-28-11-19-34(20-12-28)42-37(32-13-9-27(10-14-32)6-4-8-30(25-43)26-44)35(38(42)46)21-22-36(45)31-15-17-33(39)18-16-31/h9-20,29-30,35-37,40-41,43-45H,3-8,21-26H2,1-2H3/t35-,36+,37-/m1/s1. The van der Waals surface area contributed by atoms with Gasteiger partial charge < -0.3 is 20.2 Å². The van der Waals surface area contributed by atoms with E-state index in [1.54, 1.807) is 17.0 Å². The Hall–Kier alpha value is -3.24. The van der Waals surface area contributed by atoms with E-state index in [0.29, 0.717) is 37.7 Å². The summed E-state index contributed by atoms with van der Waals surface area (Å²) in [6.45, 7) is 0.150. The van der Waals surface area contributed by atoms with Gasteiger partial charge in [0.2, 0.25) is 26.0 Å². The number of sulfonamides is 2. The number of amides is 1. The molecule has 5 N–H and O–H groups in total. The van der Waals surface area contributed by atoms with Gasteiger partial charge in [0.25, 0.3) is 0 Å². The smallest absolute Gasteiger partial charge is 0.233 e. The fourth-order valence-electron chi connectivity index (χ4n) is 6.64. The molecule has 52 heavy (non-hydrogen) atoms. The lowest BCUT2D eigenvalue weighted by Crippen LogP contribution is -2.55. The molecule has 0 bridgehead atoms. The number of carbonyl (C=O) groups excluding carboxylic acids is 1. The second-order valence-electron chi connectivity index (χ2n) is 13.9. The first kappa shape index (κ1) is 41.5. The number of carbonyl (C=O) groups is 1. The average Bonchev–Trinajstić information content (AvgIpc) is 3.10. The summed E-state index contributed by atoms with van der Waals surface area (Å²) in [4.78, 5) is 15.5. The highest BCUT2D eigenvalue weighted by molar-refractivity contribution is 7.89. The molecule has 0 aromatic heterocycles. The summed E-state index contributed by atoms with van der Waals surface area (Å²) in [5, 5.41) is 29.6. The van der Waals surface area contributed by atoms with Crippen LogP contribution in [0, 0.1) is 23.6 Å². The summed E-state index contributed by atoms with van der Waals surface area (Å²) >= 11 is 0. The molecule has 0 radical (unpaired) electrons. The molecule has 3 atom stereocenters. The minimum absolute atomic E-state index is 0.0459. The third-order valence-corrected chi connectivity index (χ3v) is 11.1. The van der Waals surface area contributed by atoms with E-state index in [-0.39, 0.29) is 61.8 Å². The minimum atomic E-state index is -3.43. The van der Waals surface area contributed by atoms with Gasteiger partial charge in [0, 0.05) is 37.9 Å². The Morgan fingerprint density at radius 2 is 1.23 bits per heavy atom. The number of halogens is 1. The average molecular weight is 762 g/mol. The largest absolute Gasteiger partial charge is 0.396 e. The zero-order valence-electron chi connectivity index (χ0n) is 29.8. The summed E-state index contributed by atoms with van der Waals surface area (Å²) in [5.74, 6) is -1.16. The van der Waals surface area contributed by atoms with Gasteiger partial charge in [-0.05, 0) is 104 Å². The molecule has 3 aromatic rings. The van der Waals surface area contributed by atoms with Gasteiger partial charge in [-0.2, -0.15) is 0 Å². The number of aliphatic hydroxyl groups excluding tert-OH is 3. The van der Waals surface area contributed by atoms with Crippen LogP contribution in [0.25, 0.3) is 0 Å². The van der Waals surface area contributed by atoms with Crippen molar-refractivity contribution >= 4 is 31.6 Å². The minimum Gasteiger partial charge on any atom is -0.396 e. The molecule has 0 aliphatic carbocycles. The maximum atomic E-state index is 13.7. The Morgan fingerprint density at radius 3 is 1.73 bits per heavy atom. The van der Waals surface area contributed by atoms with E-state index in [1.165, 1.54) is 12.1 Å². The van der Waals surface area contributed by atoms with Gasteiger partial charge in [-0.15, -0.1) is 0 Å². The van der Waals surface area contributed by atoms with Crippen molar-refractivity contribution in [2.24, 2.45) is 17.8 Å². The lowest BCUT2D eigenvalue weighted by molar-refractivity contribution is -0.131. The SMILES string of the molecule is CS(=O)(=O)NCC(CCCc1ccc(N2C(=O)[C@H](CC[C@H](O)c3ccc(F)cc3)[C@H]2c2ccc(CCCC(CO)CO)cc2)cc1)CNS(C)(=O)=O. The van der Waals surface area contributed by atoms with Crippen molar-refractivity contribution in [1.29, 1.82) is 0 Å². The van der Waals surface area contributed by atoms with E-state index >= 15 is 0 Å². The monoisotopic (exact) mass is 761 g/mol. The summed E-state index contributed by atoms with van der Waals surface area (Å²) in [7, 11) is -6.85. The molecule has 0 spiro atoms.